The van der Waals surface area contributed by atoms with Crippen LogP contribution < -0.4 is 5.32 Å². The molecule has 5 nitrogen and oxygen atoms in total. The maximum Gasteiger partial charge on any atom is 0.419 e. The number of amidine groups is 1. The Labute approximate surface area is 161 Å². The Morgan fingerprint density at radius 1 is 1.37 bits per heavy atom. The molecule has 1 aromatic rings. The van der Waals surface area contributed by atoms with Gasteiger partial charge in [0.25, 0.3) is 5.91 Å². The number of aliphatic imine (C=N–C) groups is 1. The van der Waals surface area contributed by atoms with E-state index in [1.165, 1.54) is 13.0 Å². The molecular formula is C17H15BrF4N4O. The molecule has 10 heteroatoms. The molecule has 1 N–H and O–H groups in total. The molecule has 1 atom stereocenters. The zero-order valence-corrected chi connectivity index (χ0v) is 15.9. The van der Waals surface area contributed by atoms with Crippen molar-refractivity contribution < 1.29 is 22.4 Å². The van der Waals surface area contributed by atoms with Gasteiger partial charge in [-0.05, 0) is 35.0 Å². The third-order valence-corrected chi connectivity index (χ3v) is 4.76. The molecule has 0 unspecified atom stereocenters. The summed E-state index contributed by atoms with van der Waals surface area (Å²) in [5.74, 6) is -1.29. The van der Waals surface area contributed by atoms with E-state index in [9.17, 15) is 22.4 Å². The van der Waals surface area contributed by atoms with Gasteiger partial charge in [-0.25, -0.2) is 9.38 Å². The van der Waals surface area contributed by atoms with Gasteiger partial charge in [-0.2, -0.15) is 18.2 Å². The molecular weight excluding hydrogens is 432 g/mol. The summed E-state index contributed by atoms with van der Waals surface area (Å²) in [5.41, 5.74) is -1.34. The number of halogens is 5. The van der Waals surface area contributed by atoms with Gasteiger partial charge in [-0.15, -0.1) is 0 Å². The molecule has 1 amide bonds. The van der Waals surface area contributed by atoms with Crippen molar-refractivity contribution in [3.8, 4) is 0 Å². The van der Waals surface area contributed by atoms with E-state index in [2.05, 4.69) is 26.2 Å². The van der Waals surface area contributed by atoms with Crippen LogP contribution in [0.5, 0.6) is 0 Å². The van der Waals surface area contributed by atoms with Crippen LogP contribution in [-0.4, -0.2) is 35.5 Å². The van der Waals surface area contributed by atoms with Crippen molar-refractivity contribution in [2.45, 2.75) is 19.1 Å². The van der Waals surface area contributed by atoms with Gasteiger partial charge in [-0.1, -0.05) is 12.1 Å². The van der Waals surface area contributed by atoms with Gasteiger partial charge >= 0.3 is 6.18 Å². The Morgan fingerprint density at radius 2 is 2.07 bits per heavy atom. The van der Waals surface area contributed by atoms with Gasteiger partial charge < -0.3 is 5.32 Å². The SMILES string of the molecule is C[C@@H](NC(=O)C1=CN2C(=NCN2C)C(Br)=C1)c1cccc(C(F)(F)F)c1F. The molecule has 0 aromatic heterocycles. The molecule has 2 aliphatic heterocycles. The first-order chi connectivity index (χ1) is 12.6. The van der Waals surface area contributed by atoms with E-state index in [1.807, 2.05) is 0 Å². The number of rotatable bonds is 3. The number of nitrogens with one attached hydrogen (secondary N) is 1. The van der Waals surface area contributed by atoms with Gasteiger partial charge in [0.15, 0.2) is 5.84 Å². The van der Waals surface area contributed by atoms with E-state index in [1.54, 1.807) is 29.3 Å². The van der Waals surface area contributed by atoms with Crippen molar-refractivity contribution in [1.82, 2.24) is 15.3 Å². The van der Waals surface area contributed by atoms with E-state index in [0.29, 0.717) is 23.1 Å². The minimum atomic E-state index is -4.81. The molecule has 0 radical (unpaired) electrons. The molecule has 0 aliphatic carbocycles. The molecule has 27 heavy (non-hydrogen) atoms. The summed E-state index contributed by atoms with van der Waals surface area (Å²) in [7, 11) is 1.79. The van der Waals surface area contributed by atoms with Gasteiger partial charge in [0, 0.05) is 18.8 Å². The van der Waals surface area contributed by atoms with Gasteiger partial charge in [-0.3, -0.25) is 9.80 Å². The quantitative estimate of drug-likeness (QED) is 0.719. The van der Waals surface area contributed by atoms with Gasteiger partial charge in [0.2, 0.25) is 0 Å². The highest BCUT2D eigenvalue weighted by Gasteiger charge is 2.35. The molecule has 144 valence electrons. The van der Waals surface area contributed by atoms with Crippen LogP contribution in [0.4, 0.5) is 17.6 Å². The van der Waals surface area contributed by atoms with Gasteiger partial charge in [0.05, 0.1) is 21.7 Å². The summed E-state index contributed by atoms with van der Waals surface area (Å²) in [5, 5.41) is 5.98. The summed E-state index contributed by atoms with van der Waals surface area (Å²) in [4.78, 5) is 16.8. The lowest BCUT2D eigenvalue weighted by Crippen LogP contribution is -2.38. The first kappa shape index (κ1) is 19.6. The fourth-order valence-electron chi connectivity index (χ4n) is 2.77. The van der Waals surface area contributed by atoms with Crippen molar-refractivity contribution in [3.63, 3.8) is 0 Å². The number of hydrogen-bond acceptors (Lipinski definition) is 4. The third kappa shape index (κ3) is 3.77. The monoisotopic (exact) mass is 446 g/mol. The maximum atomic E-state index is 14.3. The average molecular weight is 447 g/mol. The number of amides is 1. The summed E-state index contributed by atoms with van der Waals surface area (Å²) < 4.78 is 53.5. The normalized spacial score (nSPS) is 18.5. The van der Waals surface area contributed by atoms with Crippen LogP contribution in [0.3, 0.4) is 0 Å². The van der Waals surface area contributed by atoms with Crippen LogP contribution in [0.1, 0.15) is 24.1 Å². The van der Waals surface area contributed by atoms with Crippen molar-refractivity contribution in [2.75, 3.05) is 13.7 Å². The standard InChI is InChI=1S/C17H15BrF4N4O/c1-9(11-4-3-5-12(14(11)19)17(20,21)22)24-16(27)10-6-13(18)15-23-8-25(2)26(15)7-10/h3-7,9H,8H2,1-2H3,(H,24,27)/t9-/m1/s1. The molecule has 1 aromatic carbocycles. The Bertz CT molecular complexity index is 878. The number of fused-ring (bicyclic) bond motifs is 1. The van der Waals surface area contributed by atoms with Crippen LogP contribution in [0.25, 0.3) is 0 Å². The van der Waals surface area contributed by atoms with Crippen molar-refractivity contribution in [3.05, 3.63) is 57.5 Å². The van der Waals surface area contributed by atoms with Crippen molar-refractivity contribution in [1.29, 1.82) is 0 Å². The van der Waals surface area contributed by atoms with Crippen LogP contribution in [0.15, 0.2) is 45.5 Å². The lowest BCUT2D eigenvalue weighted by molar-refractivity contribution is -0.140. The number of carbonyl (C=O) groups is 1. The zero-order valence-electron chi connectivity index (χ0n) is 14.3. The topological polar surface area (TPSA) is 47.9 Å². The molecule has 0 spiro atoms. The highest BCUT2D eigenvalue weighted by atomic mass is 79.9. The van der Waals surface area contributed by atoms with Crippen molar-refractivity contribution in [2.24, 2.45) is 4.99 Å². The molecule has 0 fully saturated rings. The Kier molecular flexibility index (Phi) is 5.13. The Morgan fingerprint density at radius 3 is 2.74 bits per heavy atom. The highest BCUT2D eigenvalue weighted by molar-refractivity contribution is 9.12. The van der Waals surface area contributed by atoms with Crippen LogP contribution in [0.2, 0.25) is 0 Å². The number of alkyl halides is 3. The largest absolute Gasteiger partial charge is 0.419 e. The second-order valence-corrected chi connectivity index (χ2v) is 6.96. The summed E-state index contributed by atoms with van der Waals surface area (Å²) in [6.45, 7) is 1.85. The Balaban J connectivity index is 1.81. The average Bonchev–Trinajstić information content (AvgIpc) is 2.95. The second-order valence-electron chi connectivity index (χ2n) is 6.10. The van der Waals surface area contributed by atoms with Gasteiger partial charge in [0.1, 0.15) is 12.5 Å². The van der Waals surface area contributed by atoms with Crippen LogP contribution in [0, 0.1) is 5.82 Å². The second kappa shape index (κ2) is 7.08. The van der Waals surface area contributed by atoms with E-state index in [0.717, 1.165) is 6.07 Å². The number of carbonyl (C=O) groups excluding carboxylic acids is 1. The van der Waals surface area contributed by atoms with E-state index in [-0.39, 0.29) is 11.1 Å². The summed E-state index contributed by atoms with van der Waals surface area (Å²) in [6, 6.07) is 2.04. The smallest absolute Gasteiger partial charge is 0.345 e. The fraction of sp³-hybridized carbons (Fsp3) is 0.294. The molecule has 0 bridgehead atoms. The van der Waals surface area contributed by atoms with E-state index in [4.69, 9.17) is 0 Å². The number of hydrazine groups is 1. The molecule has 0 saturated heterocycles. The van der Waals surface area contributed by atoms with Crippen LogP contribution >= 0.6 is 15.9 Å². The lowest BCUT2D eigenvalue weighted by atomic mass is 10.0. The molecule has 3 rings (SSSR count). The molecule has 2 aliphatic rings. The van der Waals surface area contributed by atoms with E-state index < -0.39 is 29.5 Å². The van der Waals surface area contributed by atoms with E-state index >= 15 is 0 Å². The number of benzene rings is 1. The molecule has 2 heterocycles. The molecule has 0 saturated carbocycles. The Hall–Kier alpha value is -2.20. The predicted octanol–water partition coefficient (Wildman–Crippen LogP) is 3.72. The maximum absolute atomic E-state index is 14.3. The van der Waals surface area contributed by atoms with Crippen LogP contribution in [-0.2, 0) is 11.0 Å². The number of hydrogen-bond donors (Lipinski definition) is 1. The number of nitrogens with zero attached hydrogens (tertiary/aromatic N) is 3. The zero-order chi connectivity index (χ0) is 19.9. The predicted molar refractivity (Wildman–Crippen MR) is 95.0 cm³/mol. The lowest BCUT2D eigenvalue weighted by Gasteiger charge is -2.27. The van der Waals surface area contributed by atoms with Crippen molar-refractivity contribution >= 4 is 27.7 Å². The minimum Gasteiger partial charge on any atom is -0.345 e. The minimum absolute atomic E-state index is 0.238. The summed E-state index contributed by atoms with van der Waals surface area (Å²) in [6.07, 6.45) is -1.69. The highest BCUT2D eigenvalue weighted by Crippen LogP contribution is 2.34. The third-order valence-electron chi connectivity index (χ3n) is 4.18. The summed E-state index contributed by atoms with van der Waals surface area (Å²) >= 11 is 3.34. The first-order valence-electron chi connectivity index (χ1n) is 7.90. The fourth-order valence-corrected chi connectivity index (χ4v) is 3.33. The first-order valence-corrected chi connectivity index (χ1v) is 8.69.